The van der Waals surface area contributed by atoms with Gasteiger partial charge in [-0.05, 0) is 37.1 Å². The number of fused-ring (bicyclic) bond motifs is 1. The zero-order chi connectivity index (χ0) is 17.1. The van der Waals surface area contributed by atoms with Crippen molar-refractivity contribution in [3.05, 3.63) is 44.2 Å². The van der Waals surface area contributed by atoms with Crippen LogP contribution in [-0.4, -0.2) is 35.0 Å². The topological polar surface area (TPSA) is 87.8 Å². The maximum atomic E-state index is 12.6. The highest BCUT2D eigenvalue weighted by Gasteiger charge is 2.24. The van der Waals surface area contributed by atoms with Gasteiger partial charge >= 0.3 is 11.6 Å². The lowest BCUT2D eigenvalue weighted by Gasteiger charge is -2.20. The lowest BCUT2D eigenvalue weighted by molar-refractivity contribution is -0.137. The molecule has 0 bridgehead atoms. The van der Waals surface area contributed by atoms with Gasteiger partial charge in [-0.2, -0.15) is 0 Å². The molecule has 23 heavy (non-hydrogen) atoms. The Morgan fingerprint density at radius 1 is 1.35 bits per heavy atom. The molecule has 0 aliphatic rings. The van der Waals surface area contributed by atoms with Gasteiger partial charge in [0.15, 0.2) is 0 Å². The molecule has 1 amide bonds. The summed E-state index contributed by atoms with van der Waals surface area (Å²) in [5, 5.41) is 9.58. The van der Waals surface area contributed by atoms with Gasteiger partial charge in [-0.3, -0.25) is 9.59 Å². The first kappa shape index (κ1) is 17.2. The first-order chi connectivity index (χ1) is 10.8. The lowest BCUT2D eigenvalue weighted by Crippen LogP contribution is -2.39. The number of aryl methyl sites for hydroxylation is 1. The van der Waals surface area contributed by atoms with E-state index in [4.69, 9.17) is 9.52 Å². The largest absolute Gasteiger partial charge is 0.480 e. The Bertz CT molecular complexity index is 827. The van der Waals surface area contributed by atoms with Gasteiger partial charge < -0.3 is 14.4 Å². The van der Waals surface area contributed by atoms with Crippen LogP contribution in [0.25, 0.3) is 11.0 Å². The first-order valence-electron chi connectivity index (χ1n) is 7.09. The minimum Gasteiger partial charge on any atom is -0.480 e. The molecule has 0 radical (unpaired) electrons. The zero-order valence-electron chi connectivity index (χ0n) is 12.8. The average molecular weight is 382 g/mol. The smallest absolute Gasteiger partial charge is 0.349 e. The Morgan fingerprint density at radius 3 is 2.65 bits per heavy atom. The molecule has 1 N–H and O–H groups in total. The van der Waals surface area contributed by atoms with E-state index in [1.165, 1.54) is 0 Å². The number of halogens is 1. The van der Waals surface area contributed by atoms with Crippen molar-refractivity contribution in [2.75, 3.05) is 13.1 Å². The normalized spacial score (nSPS) is 10.7. The second-order valence-corrected chi connectivity index (χ2v) is 6.07. The molecule has 1 aromatic heterocycles. The third-order valence-corrected chi connectivity index (χ3v) is 3.94. The van der Waals surface area contributed by atoms with E-state index in [1.54, 1.807) is 25.1 Å². The molecule has 0 aliphatic heterocycles. The molecule has 0 fully saturated rings. The Kier molecular flexibility index (Phi) is 5.20. The second-order valence-electron chi connectivity index (χ2n) is 5.15. The number of amides is 1. The van der Waals surface area contributed by atoms with Crippen LogP contribution < -0.4 is 5.63 Å². The van der Waals surface area contributed by atoms with Crippen LogP contribution in [0.2, 0.25) is 0 Å². The molecule has 1 heterocycles. The number of hydrogen-bond donors (Lipinski definition) is 1. The van der Waals surface area contributed by atoms with Crippen molar-refractivity contribution in [3.8, 4) is 0 Å². The summed E-state index contributed by atoms with van der Waals surface area (Å²) >= 11 is 3.34. The quantitative estimate of drug-likeness (QED) is 0.804. The first-order valence-corrected chi connectivity index (χ1v) is 7.88. The van der Waals surface area contributed by atoms with E-state index in [0.29, 0.717) is 23.0 Å². The van der Waals surface area contributed by atoms with Crippen molar-refractivity contribution in [2.24, 2.45) is 0 Å². The SMILES string of the molecule is CCCN(CC(=O)O)C(=O)c1c(C)c2cc(Br)ccc2oc1=O. The summed E-state index contributed by atoms with van der Waals surface area (Å²) in [4.78, 5) is 36.9. The van der Waals surface area contributed by atoms with Crippen LogP contribution in [0.1, 0.15) is 29.3 Å². The van der Waals surface area contributed by atoms with Gasteiger partial charge in [0.1, 0.15) is 17.7 Å². The van der Waals surface area contributed by atoms with E-state index < -0.39 is 24.0 Å². The van der Waals surface area contributed by atoms with E-state index in [0.717, 1.165) is 9.37 Å². The van der Waals surface area contributed by atoms with Crippen LogP contribution in [-0.2, 0) is 4.79 Å². The molecule has 0 aliphatic carbocycles. The highest BCUT2D eigenvalue weighted by Crippen LogP contribution is 2.24. The Hall–Kier alpha value is -2.15. The number of aliphatic carboxylic acids is 1. The molecule has 0 unspecified atom stereocenters. The maximum Gasteiger partial charge on any atom is 0.349 e. The summed E-state index contributed by atoms with van der Waals surface area (Å²) < 4.78 is 6.00. The van der Waals surface area contributed by atoms with Crippen molar-refractivity contribution < 1.29 is 19.1 Å². The van der Waals surface area contributed by atoms with Crippen molar-refractivity contribution in [3.63, 3.8) is 0 Å². The fraction of sp³-hybridized carbons (Fsp3) is 0.312. The summed E-state index contributed by atoms with van der Waals surface area (Å²) in [5.41, 5.74) is -0.0133. The Balaban J connectivity index is 2.59. The molecule has 6 nitrogen and oxygen atoms in total. The molecule has 0 saturated heterocycles. The van der Waals surface area contributed by atoms with Crippen LogP contribution in [0.15, 0.2) is 31.9 Å². The van der Waals surface area contributed by atoms with Gasteiger partial charge in [0.25, 0.3) is 5.91 Å². The van der Waals surface area contributed by atoms with Crippen molar-refractivity contribution in [1.82, 2.24) is 4.90 Å². The highest BCUT2D eigenvalue weighted by molar-refractivity contribution is 9.10. The predicted molar refractivity (Wildman–Crippen MR) is 88.8 cm³/mol. The van der Waals surface area contributed by atoms with E-state index in [1.807, 2.05) is 6.92 Å². The van der Waals surface area contributed by atoms with Crippen LogP contribution in [0.4, 0.5) is 0 Å². The standard InChI is InChI=1S/C16H16BrNO5/c1-3-6-18(8-13(19)20)15(21)14-9(2)11-7-10(17)4-5-12(11)23-16(14)22/h4-5,7H,3,6,8H2,1-2H3,(H,19,20). The van der Waals surface area contributed by atoms with Gasteiger partial charge in [0, 0.05) is 16.4 Å². The second kappa shape index (κ2) is 6.95. The average Bonchev–Trinajstić information content (AvgIpc) is 2.47. The van der Waals surface area contributed by atoms with Gasteiger partial charge in [-0.1, -0.05) is 22.9 Å². The summed E-state index contributed by atoms with van der Waals surface area (Å²) in [7, 11) is 0. The van der Waals surface area contributed by atoms with Crippen LogP contribution in [0.5, 0.6) is 0 Å². The van der Waals surface area contributed by atoms with Gasteiger partial charge in [0.2, 0.25) is 0 Å². The zero-order valence-corrected chi connectivity index (χ0v) is 14.3. The summed E-state index contributed by atoms with van der Waals surface area (Å²) in [6.45, 7) is 3.28. The summed E-state index contributed by atoms with van der Waals surface area (Å²) in [6, 6.07) is 5.13. The molecule has 2 aromatic rings. The monoisotopic (exact) mass is 381 g/mol. The van der Waals surface area contributed by atoms with E-state index in [2.05, 4.69) is 15.9 Å². The number of carbonyl (C=O) groups is 2. The van der Waals surface area contributed by atoms with Crippen LogP contribution in [0, 0.1) is 6.92 Å². The fourth-order valence-electron chi connectivity index (χ4n) is 2.41. The van der Waals surface area contributed by atoms with E-state index in [-0.39, 0.29) is 12.1 Å². The molecule has 2 rings (SSSR count). The van der Waals surface area contributed by atoms with Crippen molar-refractivity contribution in [1.29, 1.82) is 0 Å². The predicted octanol–water partition coefficient (Wildman–Crippen LogP) is 2.80. The fourth-order valence-corrected chi connectivity index (χ4v) is 2.78. The van der Waals surface area contributed by atoms with Crippen molar-refractivity contribution in [2.45, 2.75) is 20.3 Å². The molecular formula is C16H16BrNO5. The molecule has 122 valence electrons. The third-order valence-electron chi connectivity index (χ3n) is 3.45. The van der Waals surface area contributed by atoms with E-state index >= 15 is 0 Å². The summed E-state index contributed by atoms with van der Waals surface area (Å²) in [5.74, 6) is -1.75. The van der Waals surface area contributed by atoms with Crippen LogP contribution in [0.3, 0.4) is 0 Å². The minimum absolute atomic E-state index is 0.120. The van der Waals surface area contributed by atoms with E-state index in [9.17, 15) is 14.4 Å². The number of benzene rings is 1. The molecule has 0 spiro atoms. The molecular weight excluding hydrogens is 366 g/mol. The molecule has 0 saturated carbocycles. The lowest BCUT2D eigenvalue weighted by atomic mass is 10.0. The van der Waals surface area contributed by atoms with Gasteiger partial charge in [-0.15, -0.1) is 0 Å². The molecule has 7 heteroatoms. The number of carboxylic acids is 1. The van der Waals surface area contributed by atoms with Gasteiger partial charge in [-0.25, -0.2) is 4.79 Å². The van der Waals surface area contributed by atoms with Crippen LogP contribution >= 0.6 is 15.9 Å². The Morgan fingerprint density at radius 2 is 2.04 bits per heavy atom. The Labute approximate surface area is 140 Å². The number of nitrogens with zero attached hydrogens (tertiary/aromatic N) is 1. The third kappa shape index (κ3) is 3.61. The van der Waals surface area contributed by atoms with Gasteiger partial charge in [0.05, 0.1) is 0 Å². The maximum absolute atomic E-state index is 12.6. The number of rotatable bonds is 5. The van der Waals surface area contributed by atoms with Crippen molar-refractivity contribution >= 4 is 38.8 Å². The molecule has 1 aromatic carbocycles. The number of carboxylic acid groups (broad SMARTS) is 1. The number of carbonyl (C=O) groups excluding carboxylic acids is 1. The highest BCUT2D eigenvalue weighted by atomic mass is 79.9. The minimum atomic E-state index is -1.13. The number of hydrogen-bond acceptors (Lipinski definition) is 4. The summed E-state index contributed by atoms with van der Waals surface area (Å²) in [6.07, 6.45) is 0.586. The molecule has 0 atom stereocenters.